The van der Waals surface area contributed by atoms with E-state index in [4.69, 9.17) is 4.74 Å². The first-order valence-corrected chi connectivity index (χ1v) is 15.6. The third-order valence-electron chi connectivity index (χ3n) is 7.34. The van der Waals surface area contributed by atoms with Crippen molar-refractivity contribution in [2.75, 3.05) is 26.5 Å². The van der Waals surface area contributed by atoms with Crippen molar-refractivity contribution in [3.63, 3.8) is 0 Å². The molecular weight excluding hydrogens is 706 g/mol. The summed E-state index contributed by atoms with van der Waals surface area (Å²) in [4.78, 5) is 69.5. The van der Waals surface area contributed by atoms with Gasteiger partial charge in [-0.05, 0) is 69.9 Å². The fourth-order valence-corrected chi connectivity index (χ4v) is 4.82. The average molecular weight is 745 g/mol. The Hall–Kier alpha value is -5.36. The topological polar surface area (TPSA) is 154 Å². The zero-order valence-electron chi connectivity index (χ0n) is 29.0. The molecule has 19 heteroatoms. The molecule has 0 bridgehead atoms. The van der Waals surface area contributed by atoms with E-state index in [-0.39, 0.29) is 41.3 Å². The molecule has 52 heavy (non-hydrogen) atoms. The van der Waals surface area contributed by atoms with Gasteiger partial charge in [0.15, 0.2) is 5.92 Å². The lowest BCUT2D eigenvalue weighted by atomic mass is 9.97. The summed E-state index contributed by atoms with van der Waals surface area (Å²) in [6.45, 7) is 4.05. The first-order valence-electron chi connectivity index (χ1n) is 15.6. The Bertz CT molecular complexity index is 1860. The molecule has 0 spiro atoms. The van der Waals surface area contributed by atoms with Crippen molar-refractivity contribution in [1.29, 1.82) is 0 Å². The summed E-state index contributed by atoms with van der Waals surface area (Å²) in [5, 5.41) is 4.76. The number of ether oxygens (including phenoxy) is 2. The molecule has 3 aromatic rings. The van der Waals surface area contributed by atoms with Crippen molar-refractivity contribution in [1.82, 2.24) is 24.3 Å². The van der Waals surface area contributed by atoms with Crippen LogP contribution in [0.5, 0.6) is 0 Å². The zero-order chi connectivity index (χ0) is 39.2. The molecule has 1 atom stereocenters. The molecule has 1 unspecified atom stereocenters. The van der Waals surface area contributed by atoms with Gasteiger partial charge in [-0.25, -0.2) is 19.1 Å². The molecule has 3 rings (SSSR count). The fraction of sp³-hybridized carbons (Fsp3) is 0.455. The number of methoxy groups -OCH3 is 1. The van der Waals surface area contributed by atoms with Crippen LogP contribution < -0.4 is 16.2 Å². The van der Waals surface area contributed by atoms with Gasteiger partial charge in [-0.3, -0.25) is 14.4 Å². The lowest BCUT2D eigenvalue weighted by Crippen LogP contribution is -2.44. The molecule has 13 nitrogen and oxygen atoms in total. The summed E-state index contributed by atoms with van der Waals surface area (Å²) >= 11 is 0. The van der Waals surface area contributed by atoms with Crippen LogP contribution in [-0.4, -0.2) is 88.2 Å². The Morgan fingerprint density at radius 1 is 1.00 bits per heavy atom. The average Bonchev–Trinajstić information content (AvgIpc) is 3.39. The number of amides is 3. The van der Waals surface area contributed by atoms with Gasteiger partial charge < -0.3 is 29.6 Å². The van der Waals surface area contributed by atoms with Crippen LogP contribution >= 0.6 is 0 Å². The standard InChI is InChI=1S/C33H38F6N6O7/c1-31(2,3)52-30(50)45-22-14-9-11-19(17-23(32(34,35)36)33(37,38)39)26(22)42-24(45)18-44-16-10-13-21(28(44)48)40-27(47)20(41-29(49)51-6)12-7-8-15-25(46)43(4)5/h8-11,13-16,20,23H,7,12,17-18H2,1-6H3,(H,40,47)(H,41,49). The number of benzene rings is 1. The fourth-order valence-electron chi connectivity index (χ4n) is 4.82. The Balaban J connectivity index is 2.03. The lowest BCUT2D eigenvalue weighted by molar-refractivity contribution is -0.283. The number of allylic oxidation sites excluding steroid dienone is 1. The normalized spacial score (nSPS) is 12.9. The number of para-hydroxylation sites is 1. The van der Waals surface area contributed by atoms with Gasteiger partial charge in [-0.1, -0.05) is 18.2 Å². The molecule has 0 fully saturated rings. The van der Waals surface area contributed by atoms with Crippen LogP contribution in [0, 0.1) is 5.92 Å². The van der Waals surface area contributed by atoms with Gasteiger partial charge in [0.05, 0.1) is 24.7 Å². The number of halogens is 6. The van der Waals surface area contributed by atoms with Crippen molar-refractivity contribution < 1.29 is 55.0 Å². The highest BCUT2D eigenvalue weighted by Crippen LogP contribution is 2.42. The van der Waals surface area contributed by atoms with E-state index in [1.165, 1.54) is 68.3 Å². The molecule has 0 aliphatic carbocycles. The molecule has 284 valence electrons. The predicted octanol–water partition coefficient (Wildman–Crippen LogP) is 5.40. The number of carbonyl (C=O) groups excluding carboxylic acids is 4. The molecule has 3 amide bonds. The first-order chi connectivity index (χ1) is 24.0. The number of hydrogen-bond donors (Lipinski definition) is 2. The molecular formula is C33H38F6N6O7. The summed E-state index contributed by atoms with van der Waals surface area (Å²) in [7, 11) is 4.17. The number of rotatable bonds is 11. The van der Waals surface area contributed by atoms with E-state index in [2.05, 4.69) is 20.4 Å². The predicted molar refractivity (Wildman–Crippen MR) is 175 cm³/mol. The minimum atomic E-state index is -5.64. The molecule has 0 saturated heterocycles. The third-order valence-corrected chi connectivity index (χ3v) is 7.34. The smallest absolute Gasteiger partial charge is 0.420 e. The maximum absolute atomic E-state index is 13.5. The summed E-state index contributed by atoms with van der Waals surface area (Å²) in [6, 6.07) is 4.81. The molecule has 0 radical (unpaired) electrons. The monoisotopic (exact) mass is 744 g/mol. The molecule has 0 aliphatic rings. The molecule has 2 heterocycles. The van der Waals surface area contributed by atoms with Crippen LogP contribution in [0.2, 0.25) is 0 Å². The molecule has 2 aromatic heterocycles. The molecule has 0 aliphatic heterocycles. The van der Waals surface area contributed by atoms with Crippen LogP contribution in [0.3, 0.4) is 0 Å². The van der Waals surface area contributed by atoms with E-state index in [1.807, 2.05) is 0 Å². The van der Waals surface area contributed by atoms with E-state index in [0.29, 0.717) is 0 Å². The summed E-state index contributed by atoms with van der Waals surface area (Å²) in [5.74, 6) is -5.14. The summed E-state index contributed by atoms with van der Waals surface area (Å²) < 4.78 is 92.8. The molecule has 1 aromatic carbocycles. The highest BCUT2D eigenvalue weighted by Gasteiger charge is 2.56. The highest BCUT2D eigenvalue weighted by atomic mass is 19.4. The third kappa shape index (κ3) is 10.8. The second-order valence-corrected chi connectivity index (χ2v) is 12.7. The van der Waals surface area contributed by atoms with Gasteiger partial charge in [-0.15, -0.1) is 0 Å². The Kier molecular flexibility index (Phi) is 12.9. The largest absolute Gasteiger partial charge is 0.453 e. The van der Waals surface area contributed by atoms with Gasteiger partial charge in [-0.2, -0.15) is 26.3 Å². The van der Waals surface area contributed by atoms with Crippen molar-refractivity contribution in [3.8, 4) is 0 Å². The van der Waals surface area contributed by atoms with Gasteiger partial charge in [0.2, 0.25) is 11.8 Å². The minimum Gasteiger partial charge on any atom is -0.453 e. The number of nitrogens with zero attached hydrogens (tertiary/aromatic N) is 4. The van der Waals surface area contributed by atoms with E-state index in [1.54, 1.807) is 14.1 Å². The minimum absolute atomic E-state index is 0.00898. The number of hydrogen-bond acceptors (Lipinski definition) is 8. The summed E-state index contributed by atoms with van der Waals surface area (Å²) in [5.41, 5.74) is -3.20. The van der Waals surface area contributed by atoms with E-state index in [0.717, 1.165) is 22.3 Å². The zero-order valence-corrected chi connectivity index (χ0v) is 29.0. The number of nitrogens with one attached hydrogen (secondary N) is 2. The van der Waals surface area contributed by atoms with Gasteiger partial charge in [0.1, 0.15) is 23.2 Å². The number of alkyl halides is 6. The number of alkyl carbamates (subject to hydrolysis) is 1. The van der Waals surface area contributed by atoms with Crippen LogP contribution in [0.25, 0.3) is 11.0 Å². The first kappa shape index (κ1) is 41.1. The van der Waals surface area contributed by atoms with Crippen LogP contribution in [0.4, 0.5) is 41.6 Å². The maximum atomic E-state index is 13.5. The van der Waals surface area contributed by atoms with Gasteiger partial charge in [0.25, 0.3) is 5.56 Å². The molecule has 0 saturated carbocycles. The van der Waals surface area contributed by atoms with Gasteiger partial charge in [0, 0.05) is 20.3 Å². The van der Waals surface area contributed by atoms with Crippen LogP contribution in [0.1, 0.15) is 45.0 Å². The highest BCUT2D eigenvalue weighted by molar-refractivity contribution is 5.96. The van der Waals surface area contributed by atoms with Crippen LogP contribution in [-0.2, 0) is 32.0 Å². The second kappa shape index (κ2) is 16.3. The number of likely N-dealkylation sites (N-methyl/N-ethyl adjacent to an activating group) is 1. The number of carbonyl (C=O) groups is 4. The van der Waals surface area contributed by atoms with Crippen molar-refractivity contribution in [2.45, 2.75) is 70.6 Å². The Labute approximate surface area is 293 Å². The van der Waals surface area contributed by atoms with Crippen molar-refractivity contribution in [3.05, 3.63) is 70.4 Å². The molecule has 2 N–H and O–H groups in total. The van der Waals surface area contributed by atoms with Crippen LogP contribution in [0.15, 0.2) is 53.5 Å². The number of anilines is 1. The van der Waals surface area contributed by atoms with Gasteiger partial charge >= 0.3 is 24.5 Å². The SMILES string of the molecule is COC(=O)NC(CCC=CC(=O)N(C)C)C(=O)Nc1cccn(Cc2nc3c(CC(C(F)(F)F)C(F)(F)F)cccc3n2C(=O)OC(C)(C)C)c1=O. The Morgan fingerprint density at radius 2 is 1.65 bits per heavy atom. The number of pyridine rings is 1. The number of aromatic nitrogens is 3. The lowest BCUT2D eigenvalue weighted by Gasteiger charge is -2.23. The Morgan fingerprint density at radius 3 is 2.23 bits per heavy atom. The maximum Gasteiger partial charge on any atom is 0.420 e. The van der Waals surface area contributed by atoms with E-state index < -0.39 is 72.1 Å². The van der Waals surface area contributed by atoms with E-state index >= 15 is 0 Å². The van der Waals surface area contributed by atoms with E-state index in [9.17, 15) is 50.3 Å². The quantitative estimate of drug-likeness (QED) is 0.196. The second-order valence-electron chi connectivity index (χ2n) is 12.7. The van der Waals surface area contributed by atoms with Crippen molar-refractivity contribution in [2.24, 2.45) is 5.92 Å². The van der Waals surface area contributed by atoms with Crippen molar-refractivity contribution >= 4 is 40.7 Å². The summed E-state index contributed by atoms with van der Waals surface area (Å²) in [6.07, 6.45) is -10.6. The number of imidazole rings is 1. The number of fused-ring (bicyclic) bond motifs is 1.